The number of ketones is 2. The SMILES string of the molecule is C[C@]12C=CC(=O)C=C1[C@@H](F)C[C@H]1[C@@H]3CC(F)[C@](OC(=O)c4cccc([N+](=O)[O-])c4)(C(=O)O)[C@@]3(C)CC(=O)[C@@]12F. The van der Waals surface area contributed by atoms with Gasteiger partial charge in [-0.25, -0.2) is 22.8 Å². The van der Waals surface area contributed by atoms with Crippen LogP contribution in [0.25, 0.3) is 0 Å². The third-order valence-corrected chi connectivity index (χ3v) is 9.40. The van der Waals surface area contributed by atoms with E-state index in [1.54, 1.807) is 0 Å². The molecular formula is C27H24F3NO8. The van der Waals surface area contributed by atoms with Gasteiger partial charge in [0.05, 0.1) is 15.9 Å². The molecule has 0 heterocycles. The fourth-order valence-corrected chi connectivity index (χ4v) is 7.45. The van der Waals surface area contributed by atoms with Crippen LogP contribution in [0, 0.1) is 32.8 Å². The molecule has 4 aliphatic rings. The maximum absolute atomic E-state index is 17.1. The second-order valence-electron chi connectivity index (χ2n) is 11.1. The fraction of sp³-hybridized carbons (Fsp3) is 0.481. The summed E-state index contributed by atoms with van der Waals surface area (Å²) in [6.07, 6.45) is -3.23. The lowest BCUT2D eigenvalue weighted by Gasteiger charge is -2.59. The quantitative estimate of drug-likeness (QED) is 0.338. The number of fused-ring (bicyclic) bond motifs is 5. The van der Waals surface area contributed by atoms with Crippen LogP contribution in [-0.4, -0.2) is 57.1 Å². The molecule has 0 bridgehead atoms. The number of non-ortho nitro benzene ring substituents is 1. The minimum Gasteiger partial charge on any atom is -0.478 e. The van der Waals surface area contributed by atoms with Gasteiger partial charge in [0.15, 0.2) is 23.4 Å². The maximum Gasteiger partial charge on any atom is 0.351 e. The van der Waals surface area contributed by atoms with E-state index in [1.165, 1.54) is 13.8 Å². The molecule has 1 N–H and O–H groups in total. The molecule has 8 atom stereocenters. The summed E-state index contributed by atoms with van der Waals surface area (Å²) in [5, 5.41) is 21.4. The van der Waals surface area contributed by atoms with Crippen molar-refractivity contribution >= 4 is 29.2 Å². The summed E-state index contributed by atoms with van der Waals surface area (Å²) < 4.78 is 53.9. The number of carboxylic acid groups (broad SMARTS) is 1. The number of nitrogens with zero attached hydrogens (tertiary/aromatic N) is 1. The average Bonchev–Trinajstić information content (AvgIpc) is 3.09. The van der Waals surface area contributed by atoms with Gasteiger partial charge in [-0.3, -0.25) is 19.7 Å². The number of esters is 1. The number of hydrogen-bond donors (Lipinski definition) is 1. The molecule has 1 unspecified atom stereocenters. The summed E-state index contributed by atoms with van der Waals surface area (Å²) >= 11 is 0. The van der Waals surface area contributed by atoms with Gasteiger partial charge in [-0.2, -0.15) is 0 Å². The summed E-state index contributed by atoms with van der Waals surface area (Å²) in [4.78, 5) is 61.7. The first-order valence-corrected chi connectivity index (χ1v) is 12.3. The molecule has 39 heavy (non-hydrogen) atoms. The Morgan fingerprint density at radius 3 is 2.49 bits per heavy atom. The van der Waals surface area contributed by atoms with Gasteiger partial charge < -0.3 is 9.84 Å². The van der Waals surface area contributed by atoms with Crippen molar-refractivity contribution in [1.82, 2.24) is 0 Å². The highest BCUT2D eigenvalue weighted by atomic mass is 19.1. The van der Waals surface area contributed by atoms with E-state index >= 15 is 13.2 Å². The summed E-state index contributed by atoms with van der Waals surface area (Å²) in [5.74, 6) is -7.71. The zero-order valence-electron chi connectivity index (χ0n) is 20.9. The van der Waals surface area contributed by atoms with Gasteiger partial charge in [-0.15, -0.1) is 0 Å². The highest BCUT2D eigenvalue weighted by Gasteiger charge is 2.80. The van der Waals surface area contributed by atoms with Crippen molar-refractivity contribution in [3.05, 3.63) is 63.7 Å². The van der Waals surface area contributed by atoms with Crippen molar-refractivity contribution in [3.8, 4) is 0 Å². The number of carboxylic acids is 1. The Kier molecular flexibility index (Phi) is 5.72. The molecule has 206 valence electrons. The predicted molar refractivity (Wildman–Crippen MR) is 127 cm³/mol. The molecule has 0 aromatic heterocycles. The smallest absolute Gasteiger partial charge is 0.351 e. The second-order valence-corrected chi connectivity index (χ2v) is 11.1. The van der Waals surface area contributed by atoms with Gasteiger partial charge in [0.25, 0.3) is 5.69 Å². The Morgan fingerprint density at radius 2 is 1.85 bits per heavy atom. The molecule has 0 amide bonds. The molecule has 4 aliphatic carbocycles. The van der Waals surface area contributed by atoms with E-state index in [1.807, 2.05) is 0 Å². The summed E-state index contributed by atoms with van der Waals surface area (Å²) in [5.41, 5.74) is -10.7. The van der Waals surface area contributed by atoms with Gasteiger partial charge >= 0.3 is 11.9 Å². The number of rotatable bonds is 4. The van der Waals surface area contributed by atoms with Gasteiger partial charge in [0, 0.05) is 29.9 Å². The van der Waals surface area contributed by atoms with E-state index in [2.05, 4.69) is 0 Å². The number of aliphatic carboxylic acids is 1. The molecule has 0 spiro atoms. The number of nitro benzene ring substituents is 1. The molecular weight excluding hydrogens is 523 g/mol. The molecule has 5 rings (SSSR count). The first-order chi connectivity index (χ1) is 18.1. The van der Waals surface area contributed by atoms with Crippen LogP contribution in [0.3, 0.4) is 0 Å². The normalized spacial score (nSPS) is 40.7. The number of carbonyl (C=O) groups is 4. The van der Waals surface area contributed by atoms with Crippen LogP contribution in [0.2, 0.25) is 0 Å². The zero-order valence-corrected chi connectivity index (χ0v) is 20.9. The van der Waals surface area contributed by atoms with Crippen LogP contribution < -0.4 is 0 Å². The van der Waals surface area contributed by atoms with E-state index < -0.39 is 105 Å². The van der Waals surface area contributed by atoms with Crippen LogP contribution >= 0.6 is 0 Å². The Morgan fingerprint density at radius 1 is 1.15 bits per heavy atom. The lowest BCUT2D eigenvalue weighted by molar-refractivity contribution is -0.384. The molecule has 0 aliphatic heterocycles. The van der Waals surface area contributed by atoms with Crippen molar-refractivity contribution in [1.29, 1.82) is 0 Å². The summed E-state index contributed by atoms with van der Waals surface area (Å²) in [6, 6.07) is 4.19. The largest absolute Gasteiger partial charge is 0.478 e. The number of halogens is 3. The lowest BCUT2D eigenvalue weighted by atomic mass is 9.45. The summed E-state index contributed by atoms with van der Waals surface area (Å²) in [6.45, 7) is 2.50. The maximum atomic E-state index is 17.1. The molecule has 0 radical (unpaired) electrons. The van der Waals surface area contributed by atoms with Crippen LogP contribution in [0.4, 0.5) is 18.9 Å². The average molecular weight is 547 g/mol. The number of Topliss-reactive ketones (excluding diaryl/α,β-unsaturated/α-hetero) is 1. The third kappa shape index (κ3) is 3.26. The zero-order chi connectivity index (χ0) is 28.7. The highest BCUT2D eigenvalue weighted by Crippen LogP contribution is 2.70. The van der Waals surface area contributed by atoms with Crippen molar-refractivity contribution in [2.75, 3.05) is 0 Å². The van der Waals surface area contributed by atoms with Crippen LogP contribution in [-0.2, 0) is 19.1 Å². The van der Waals surface area contributed by atoms with E-state index in [0.717, 1.165) is 42.5 Å². The van der Waals surface area contributed by atoms with E-state index in [4.69, 9.17) is 4.74 Å². The predicted octanol–water partition coefficient (Wildman–Crippen LogP) is 4.05. The summed E-state index contributed by atoms with van der Waals surface area (Å²) in [7, 11) is 0. The number of nitro groups is 1. The first-order valence-electron chi connectivity index (χ1n) is 12.3. The molecule has 12 heteroatoms. The topological polar surface area (TPSA) is 141 Å². The molecule has 9 nitrogen and oxygen atoms in total. The molecule has 0 saturated heterocycles. The van der Waals surface area contributed by atoms with E-state index in [9.17, 15) is 34.4 Å². The number of ether oxygens (including phenoxy) is 1. The lowest BCUT2D eigenvalue weighted by Crippen LogP contribution is -2.69. The second kappa shape index (κ2) is 8.33. The number of carbonyl (C=O) groups excluding carboxylic acids is 3. The number of alkyl halides is 3. The van der Waals surface area contributed by atoms with Crippen LogP contribution in [0.15, 0.2) is 48.1 Å². The molecule has 3 fully saturated rings. The van der Waals surface area contributed by atoms with Crippen LogP contribution in [0.1, 0.15) is 43.5 Å². The standard InChI is InChI=1S/C27H24F3NO8/c1-24-7-6-15(32)9-18(24)19(28)10-17-16-11-20(29)27(23(35)36,25(16,2)12-21(33)26(17,24)30)39-22(34)13-4-3-5-14(8-13)31(37)38/h3-9,16-17,19-20H,10-12H2,1-2H3,(H,35,36)/t16-,17-,19-,20?,24-,25-,26-,27-/m0/s1. The van der Waals surface area contributed by atoms with Crippen molar-refractivity contribution < 1.29 is 47.1 Å². The first kappa shape index (κ1) is 26.8. The minimum atomic E-state index is -2.96. The van der Waals surface area contributed by atoms with Gasteiger partial charge in [-0.1, -0.05) is 19.1 Å². The van der Waals surface area contributed by atoms with Crippen molar-refractivity contribution in [2.24, 2.45) is 22.7 Å². The van der Waals surface area contributed by atoms with E-state index in [-0.39, 0.29) is 5.57 Å². The van der Waals surface area contributed by atoms with Crippen LogP contribution in [0.5, 0.6) is 0 Å². The van der Waals surface area contributed by atoms with Gasteiger partial charge in [0.1, 0.15) is 6.17 Å². The number of allylic oxidation sites excluding steroid dienone is 4. The van der Waals surface area contributed by atoms with Crippen molar-refractivity contribution in [2.45, 2.75) is 56.7 Å². The fourth-order valence-electron chi connectivity index (χ4n) is 7.45. The Labute approximate surface area is 219 Å². The van der Waals surface area contributed by atoms with Gasteiger partial charge in [-0.05, 0) is 49.5 Å². The third-order valence-electron chi connectivity index (χ3n) is 9.40. The van der Waals surface area contributed by atoms with Crippen molar-refractivity contribution in [3.63, 3.8) is 0 Å². The Balaban J connectivity index is 1.60. The monoisotopic (exact) mass is 547 g/mol. The molecule has 3 saturated carbocycles. The Bertz CT molecular complexity index is 1410. The molecule has 1 aromatic carbocycles. The van der Waals surface area contributed by atoms with Gasteiger partial charge in [0.2, 0.25) is 5.60 Å². The minimum absolute atomic E-state index is 0.206. The van der Waals surface area contributed by atoms with E-state index in [0.29, 0.717) is 0 Å². The highest BCUT2D eigenvalue weighted by molar-refractivity contribution is 6.03. The number of hydrogen-bond acceptors (Lipinski definition) is 7. The molecule has 1 aromatic rings. The Hall–Kier alpha value is -3.83. The number of benzene rings is 1.